The predicted octanol–water partition coefficient (Wildman–Crippen LogP) is 4.47. The lowest BCUT2D eigenvalue weighted by Gasteiger charge is -2.34. The third-order valence-electron chi connectivity index (χ3n) is 7.27. The number of piperazine rings is 1. The molecule has 1 saturated heterocycles. The maximum atomic E-state index is 14.1. The number of hydrogen-bond acceptors (Lipinski definition) is 5. The van der Waals surface area contributed by atoms with Crippen LogP contribution in [0.25, 0.3) is 44.6 Å². The van der Waals surface area contributed by atoms with Crippen LogP contribution in [0.3, 0.4) is 0 Å². The summed E-state index contributed by atoms with van der Waals surface area (Å²) in [5.41, 5.74) is 5.50. The molecule has 9 heteroatoms. The number of rotatable bonds is 4. The van der Waals surface area contributed by atoms with E-state index in [0.717, 1.165) is 54.0 Å². The van der Waals surface area contributed by atoms with E-state index in [4.69, 9.17) is 4.98 Å². The van der Waals surface area contributed by atoms with Crippen molar-refractivity contribution in [2.45, 2.75) is 13.6 Å². The molecule has 0 atom stereocenters. The Morgan fingerprint density at radius 1 is 1.08 bits per heavy atom. The van der Waals surface area contributed by atoms with Gasteiger partial charge in [-0.2, -0.15) is 5.26 Å². The average molecular weight is 496 g/mol. The Morgan fingerprint density at radius 2 is 1.86 bits per heavy atom. The molecule has 6 rings (SSSR count). The molecule has 0 amide bonds. The number of anilines is 1. The Hall–Kier alpha value is -4.42. The summed E-state index contributed by atoms with van der Waals surface area (Å²) >= 11 is 0. The molecule has 1 fully saturated rings. The Balaban J connectivity index is 1.54. The van der Waals surface area contributed by atoms with Crippen molar-refractivity contribution in [3.8, 4) is 28.7 Å². The molecule has 37 heavy (non-hydrogen) atoms. The second-order valence-corrected chi connectivity index (χ2v) is 9.57. The first-order chi connectivity index (χ1) is 18.0. The summed E-state index contributed by atoms with van der Waals surface area (Å²) in [6.07, 6.45) is 0. The van der Waals surface area contributed by atoms with Gasteiger partial charge in [0.2, 0.25) is 0 Å². The SMILES string of the molecule is Cc1ccccc1-c1[nH]c2c(-c3nc4ccc(N5CCN(C)CC5)cc4[nH]3)c(=O)[nH]c(CF)c2c1C#N. The van der Waals surface area contributed by atoms with Gasteiger partial charge in [-0.25, -0.2) is 9.37 Å². The van der Waals surface area contributed by atoms with Crippen molar-refractivity contribution >= 4 is 27.6 Å². The molecule has 1 aliphatic rings. The third kappa shape index (κ3) is 3.77. The largest absolute Gasteiger partial charge is 0.369 e. The van der Waals surface area contributed by atoms with Crippen molar-refractivity contribution in [2.75, 3.05) is 38.1 Å². The van der Waals surface area contributed by atoms with Gasteiger partial charge >= 0.3 is 0 Å². The molecule has 8 nitrogen and oxygen atoms in total. The summed E-state index contributed by atoms with van der Waals surface area (Å²) in [4.78, 5) is 31.8. The highest BCUT2D eigenvalue weighted by Gasteiger charge is 2.24. The van der Waals surface area contributed by atoms with Crippen LogP contribution in [0.1, 0.15) is 16.8 Å². The number of aromatic nitrogens is 4. The van der Waals surface area contributed by atoms with Crippen LogP contribution in [0.5, 0.6) is 0 Å². The van der Waals surface area contributed by atoms with Crippen molar-refractivity contribution in [1.29, 1.82) is 5.26 Å². The molecule has 4 heterocycles. The van der Waals surface area contributed by atoms with Crippen molar-refractivity contribution < 1.29 is 4.39 Å². The lowest BCUT2D eigenvalue weighted by Crippen LogP contribution is -2.44. The minimum Gasteiger partial charge on any atom is -0.369 e. The maximum absolute atomic E-state index is 14.1. The highest BCUT2D eigenvalue weighted by molar-refractivity contribution is 6.02. The summed E-state index contributed by atoms with van der Waals surface area (Å²) < 4.78 is 14.1. The third-order valence-corrected chi connectivity index (χ3v) is 7.27. The normalized spacial score (nSPS) is 14.5. The number of alkyl halides is 1. The lowest BCUT2D eigenvalue weighted by molar-refractivity contribution is 0.313. The maximum Gasteiger partial charge on any atom is 0.261 e. The second kappa shape index (κ2) is 8.91. The van der Waals surface area contributed by atoms with E-state index in [1.54, 1.807) is 0 Å². The van der Waals surface area contributed by atoms with Gasteiger partial charge in [0.05, 0.1) is 33.5 Å². The molecule has 0 bridgehead atoms. The van der Waals surface area contributed by atoms with Gasteiger partial charge in [0, 0.05) is 42.8 Å². The zero-order chi connectivity index (χ0) is 25.7. The molecule has 186 valence electrons. The van der Waals surface area contributed by atoms with Crippen molar-refractivity contribution in [3.63, 3.8) is 0 Å². The number of nitrogens with one attached hydrogen (secondary N) is 3. The number of hydrogen-bond donors (Lipinski definition) is 3. The highest BCUT2D eigenvalue weighted by atomic mass is 19.1. The van der Waals surface area contributed by atoms with Gasteiger partial charge in [-0.1, -0.05) is 24.3 Å². The zero-order valence-electron chi connectivity index (χ0n) is 20.7. The van der Waals surface area contributed by atoms with Crippen LogP contribution in [0.4, 0.5) is 10.1 Å². The number of pyridine rings is 1. The molecule has 3 N–H and O–H groups in total. The van der Waals surface area contributed by atoms with E-state index in [1.807, 2.05) is 49.4 Å². The number of halogens is 1. The summed E-state index contributed by atoms with van der Waals surface area (Å²) in [6.45, 7) is 4.92. The molecule has 0 aliphatic carbocycles. The van der Waals surface area contributed by atoms with Crippen LogP contribution in [0, 0.1) is 18.3 Å². The zero-order valence-corrected chi connectivity index (χ0v) is 20.7. The van der Waals surface area contributed by atoms with E-state index in [9.17, 15) is 14.4 Å². The van der Waals surface area contributed by atoms with Crippen molar-refractivity contribution in [2.24, 2.45) is 0 Å². The molecule has 0 unspecified atom stereocenters. The van der Waals surface area contributed by atoms with Gasteiger partial charge in [-0.15, -0.1) is 0 Å². The molecule has 0 radical (unpaired) electrons. The lowest BCUT2D eigenvalue weighted by atomic mass is 10.0. The molecular formula is C28H26FN7O. The van der Waals surface area contributed by atoms with Gasteiger partial charge in [-0.05, 0) is 37.7 Å². The Labute approximate surface area is 212 Å². The monoisotopic (exact) mass is 495 g/mol. The first kappa shape index (κ1) is 23.0. The fourth-order valence-corrected chi connectivity index (χ4v) is 5.24. The predicted molar refractivity (Wildman–Crippen MR) is 143 cm³/mol. The number of imidazole rings is 1. The number of aryl methyl sites for hydroxylation is 1. The summed E-state index contributed by atoms with van der Waals surface area (Å²) in [5, 5.41) is 10.4. The fraction of sp³-hybridized carbons (Fsp3) is 0.250. The number of aromatic amines is 3. The van der Waals surface area contributed by atoms with E-state index >= 15 is 0 Å². The van der Waals surface area contributed by atoms with Gasteiger partial charge in [0.15, 0.2) is 0 Å². The van der Waals surface area contributed by atoms with Crippen LogP contribution in [0.2, 0.25) is 0 Å². The highest BCUT2D eigenvalue weighted by Crippen LogP contribution is 2.36. The van der Waals surface area contributed by atoms with Crippen LogP contribution >= 0.6 is 0 Å². The van der Waals surface area contributed by atoms with E-state index in [1.165, 1.54) is 0 Å². The number of H-pyrrole nitrogens is 3. The van der Waals surface area contributed by atoms with E-state index < -0.39 is 12.2 Å². The minimum atomic E-state index is -0.903. The smallest absolute Gasteiger partial charge is 0.261 e. The van der Waals surface area contributed by atoms with Crippen LogP contribution in [-0.4, -0.2) is 58.1 Å². The minimum absolute atomic E-state index is 0.0739. The van der Waals surface area contributed by atoms with Gasteiger partial charge in [-0.3, -0.25) is 4.79 Å². The van der Waals surface area contributed by atoms with Crippen LogP contribution in [-0.2, 0) is 6.67 Å². The number of likely N-dealkylation sites (N-methyl/N-ethyl adjacent to an activating group) is 1. The van der Waals surface area contributed by atoms with Gasteiger partial charge in [0.1, 0.15) is 24.1 Å². The molecule has 1 aliphatic heterocycles. The topological polar surface area (TPSA) is 108 Å². The fourth-order valence-electron chi connectivity index (χ4n) is 5.24. The second-order valence-electron chi connectivity index (χ2n) is 9.57. The van der Waals surface area contributed by atoms with E-state index in [-0.39, 0.29) is 11.3 Å². The molecular weight excluding hydrogens is 469 g/mol. The summed E-state index contributed by atoms with van der Waals surface area (Å²) in [5.74, 6) is 0.365. The molecule has 5 aromatic rings. The number of nitriles is 1. The van der Waals surface area contributed by atoms with Crippen molar-refractivity contribution in [3.05, 3.63) is 69.6 Å². The van der Waals surface area contributed by atoms with Gasteiger partial charge in [0.25, 0.3) is 5.56 Å². The molecule has 3 aromatic heterocycles. The number of benzene rings is 2. The van der Waals surface area contributed by atoms with Gasteiger partial charge < -0.3 is 24.8 Å². The Bertz CT molecular complexity index is 1750. The van der Waals surface area contributed by atoms with Crippen LogP contribution < -0.4 is 10.5 Å². The summed E-state index contributed by atoms with van der Waals surface area (Å²) in [6, 6.07) is 15.9. The number of nitrogens with zero attached hydrogens (tertiary/aromatic N) is 4. The molecule has 2 aromatic carbocycles. The molecule has 0 spiro atoms. The Kier molecular flexibility index (Phi) is 5.54. The number of fused-ring (bicyclic) bond motifs is 2. The first-order valence-electron chi connectivity index (χ1n) is 12.2. The average Bonchev–Trinajstić information content (AvgIpc) is 3.49. The molecule has 0 saturated carbocycles. The summed E-state index contributed by atoms with van der Waals surface area (Å²) in [7, 11) is 2.12. The first-order valence-corrected chi connectivity index (χ1v) is 12.2. The van der Waals surface area contributed by atoms with Crippen LogP contribution in [0.15, 0.2) is 47.3 Å². The van der Waals surface area contributed by atoms with E-state index in [0.29, 0.717) is 28.0 Å². The van der Waals surface area contributed by atoms with E-state index in [2.05, 4.69) is 37.9 Å². The Morgan fingerprint density at radius 3 is 2.59 bits per heavy atom. The standard InChI is InChI=1S/C28H26FN7O/c1-16-5-3-4-6-18(16)25-19(15-30)23-22(14-29)33-28(37)24(26(23)34-25)27-31-20-8-7-17(13-21(20)32-27)36-11-9-35(2)10-12-36/h3-8,13,34H,9-12,14H2,1-2H3,(H,31,32)(H,33,37). The van der Waals surface area contributed by atoms with Crippen molar-refractivity contribution in [1.82, 2.24) is 24.8 Å². The quantitative estimate of drug-likeness (QED) is 0.341.